The van der Waals surface area contributed by atoms with Gasteiger partial charge in [-0.3, -0.25) is 14.5 Å². The Balaban J connectivity index is 2.05. The molecule has 2 atom stereocenters. The van der Waals surface area contributed by atoms with E-state index in [9.17, 15) is 14.7 Å². The molecule has 0 bridgehead atoms. The highest BCUT2D eigenvalue weighted by Crippen LogP contribution is 2.18. The van der Waals surface area contributed by atoms with Crippen molar-refractivity contribution in [2.45, 2.75) is 18.6 Å². The Morgan fingerprint density at radius 3 is 2.56 bits per heavy atom. The van der Waals surface area contributed by atoms with Crippen LogP contribution in [0.1, 0.15) is 16.8 Å². The van der Waals surface area contributed by atoms with Gasteiger partial charge in [-0.15, -0.1) is 0 Å². The number of carboxylic acids is 1. The molecule has 0 amide bonds. The zero-order valence-corrected chi connectivity index (χ0v) is 9.82. The lowest BCUT2D eigenvalue weighted by Gasteiger charge is -2.19. The summed E-state index contributed by atoms with van der Waals surface area (Å²) in [4.78, 5) is 24.5. The molecular weight excluding hydrogens is 234 g/mol. The van der Waals surface area contributed by atoms with Crippen LogP contribution >= 0.6 is 0 Å². The summed E-state index contributed by atoms with van der Waals surface area (Å²) in [6, 6.07) is 7.97. The second-order valence-electron chi connectivity index (χ2n) is 4.46. The fraction of sp³-hybridized carbons (Fsp3) is 0.385. The molecule has 1 aliphatic rings. The third kappa shape index (κ3) is 2.75. The number of aliphatic carboxylic acids is 1. The van der Waals surface area contributed by atoms with Crippen molar-refractivity contribution < 1.29 is 19.8 Å². The number of β-amino-alcohol motifs (C(OH)–C–C–N with tert-alkyl or cyclic N) is 1. The summed E-state index contributed by atoms with van der Waals surface area (Å²) in [6.07, 6.45) is -0.494. The first-order valence-electron chi connectivity index (χ1n) is 5.81. The average Bonchev–Trinajstić information content (AvgIpc) is 2.71. The molecule has 2 rings (SSSR count). The highest BCUT2D eigenvalue weighted by molar-refractivity contribution is 5.97. The van der Waals surface area contributed by atoms with Crippen LogP contribution in [-0.2, 0) is 4.79 Å². The number of carbonyl (C=O) groups excluding carboxylic acids is 1. The van der Waals surface area contributed by atoms with Gasteiger partial charge >= 0.3 is 5.97 Å². The zero-order chi connectivity index (χ0) is 13.1. The standard InChI is InChI=1S/C13H15NO4/c15-10-6-11(13(17)18)14(7-10)8-12(16)9-4-2-1-3-5-9/h1-5,10-11,15H,6-8H2,(H,17,18)/t10-,11-/m0/s1. The van der Waals surface area contributed by atoms with Gasteiger partial charge in [0.1, 0.15) is 6.04 Å². The molecule has 0 saturated carbocycles. The molecule has 18 heavy (non-hydrogen) atoms. The topological polar surface area (TPSA) is 77.8 Å². The Morgan fingerprint density at radius 2 is 1.94 bits per heavy atom. The zero-order valence-electron chi connectivity index (χ0n) is 9.82. The van der Waals surface area contributed by atoms with Crippen LogP contribution < -0.4 is 0 Å². The Kier molecular flexibility index (Phi) is 3.74. The molecule has 0 aromatic heterocycles. The van der Waals surface area contributed by atoms with Crippen LogP contribution in [-0.4, -0.2) is 52.1 Å². The van der Waals surface area contributed by atoms with Crippen LogP contribution in [0.25, 0.3) is 0 Å². The van der Waals surface area contributed by atoms with Crippen LogP contribution in [0.15, 0.2) is 30.3 Å². The van der Waals surface area contributed by atoms with Gasteiger partial charge in [0.25, 0.3) is 0 Å². The minimum atomic E-state index is -0.993. The molecule has 1 fully saturated rings. The van der Waals surface area contributed by atoms with Crippen molar-refractivity contribution in [2.24, 2.45) is 0 Å². The first-order valence-corrected chi connectivity index (χ1v) is 5.81. The lowest BCUT2D eigenvalue weighted by atomic mass is 10.1. The first kappa shape index (κ1) is 12.7. The molecule has 1 heterocycles. The number of aliphatic hydroxyl groups is 1. The quantitative estimate of drug-likeness (QED) is 0.755. The number of aliphatic hydroxyl groups excluding tert-OH is 1. The lowest BCUT2D eigenvalue weighted by Crippen LogP contribution is -2.39. The van der Waals surface area contributed by atoms with E-state index in [1.165, 1.54) is 4.90 Å². The maximum atomic E-state index is 12.0. The van der Waals surface area contributed by atoms with Crippen LogP contribution in [0.4, 0.5) is 0 Å². The Hall–Kier alpha value is -1.72. The van der Waals surface area contributed by atoms with Crippen molar-refractivity contribution in [3.05, 3.63) is 35.9 Å². The van der Waals surface area contributed by atoms with Crippen LogP contribution in [0.5, 0.6) is 0 Å². The van der Waals surface area contributed by atoms with Gasteiger partial charge in [-0.05, 0) is 0 Å². The third-order valence-electron chi connectivity index (χ3n) is 3.11. The van der Waals surface area contributed by atoms with Crippen molar-refractivity contribution >= 4 is 11.8 Å². The molecule has 0 radical (unpaired) electrons. The number of carboxylic acid groups (broad SMARTS) is 1. The molecule has 96 valence electrons. The summed E-state index contributed by atoms with van der Waals surface area (Å²) in [5.41, 5.74) is 0.558. The summed E-state index contributed by atoms with van der Waals surface area (Å²) in [5.74, 6) is -1.12. The van der Waals surface area contributed by atoms with Crippen molar-refractivity contribution in [3.8, 4) is 0 Å². The van der Waals surface area contributed by atoms with Crippen LogP contribution in [0.2, 0.25) is 0 Å². The van der Waals surface area contributed by atoms with Gasteiger partial charge in [-0.25, -0.2) is 0 Å². The van der Waals surface area contributed by atoms with E-state index in [2.05, 4.69) is 0 Å². The summed E-state index contributed by atoms with van der Waals surface area (Å²) in [7, 11) is 0. The number of nitrogens with zero attached hydrogens (tertiary/aromatic N) is 1. The Bertz CT molecular complexity index is 446. The molecular formula is C13H15NO4. The van der Waals surface area contributed by atoms with Crippen molar-refractivity contribution in [1.82, 2.24) is 4.90 Å². The molecule has 0 unspecified atom stereocenters. The van der Waals surface area contributed by atoms with Crippen molar-refractivity contribution in [2.75, 3.05) is 13.1 Å². The fourth-order valence-corrected chi connectivity index (χ4v) is 2.21. The van der Waals surface area contributed by atoms with Crippen molar-refractivity contribution in [1.29, 1.82) is 0 Å². The maximum absolute atomic E-state index is 12.0. The highest BCUT2D eigenvalue weighted by Gasteiger charge is 2.36. The minimum Gasteiger partial charge on any atom is -0.480 e. The second kappa shape index (κ2) is 5.29. The largest absolute Gasteiger partial charge is 0.480 e. The number of Topliss-reactive ketones (excluding diaryl/α,β-unsaturated/α-hetero) is 1. The molecule has 0 spiro atoms. The summed E-state index contributed by atoms with van der Waals surface area (Å²) in [5, 5.41) is 18.5. The average molecular weight is 249 g/mol. The molecule has 5 nitrogen and oxygen atoms in total. The van der Waals surface area contributed by atoms with E-state index in [4.69, 9.17) is 5.11 Å². The molecule has 1 saturated heterocycles. The number of carbonyl (C=O) groups is 2. The number of hydrogen-bond acceptors (Lipinski definition) is 4. The normalized spacial score (nSPS) is 24.1. The van der Waals surface area contributed by atoms with Gasteiger partial charge in [-0.1, -0.05) is 30.3 Å². The van der Waals surface area contributed by atoms with E-state index < -0.39 is 18.1 Å². The van der Waals surface area contributed by atoms with Crippen molar-refractivity contribution in [3.63, 3.8) is 0 Å². The van der Waals surface area contributed by atoms with E-state index in [0.717, 1.165) is 0 Å². The number of likely N-dealkylation sites (tertiary alicyclic amines) is 1. The van der Waals surface area contributed by atoms with E-state index in [1.54, 1.807) is 24.3 Å². The van der Waals surface area contributed by atoms with Gasteiger partial charge in [-0.2, -0.15) is 0 Å². The van der Waals surface area contributed by atoms with Gasteiger partial charge in [0.15, 0.2) is 5.78 Å². The minimum absolute atomic E-state index is 0.0258. The molecule has 5 heteroatoms. The Labute approximate surface area is 105 Å². The highest BCUT2D eigenvalue weighted by atomic mass is 16.4. The molecule has 0 aliphatic carbocycles. The third-order valence-corrected chi connectivity index (χ3v) is 3.11. The number of rotatable bonds is 4. The maximum Gasteiger partial charge on any atom is 0.321 e. The van der Waals surface area contributed by atoms with Crippen LogP contribution in [0.3, 0.4) is 0 Å². The van der Waals surface area contributed by atoms with E-state index in [0.29, 0.717) is 5.56 Å². The Morgan fingerprint density at radius 1 is 1.28 bits per heavy atom. The summed E-state index contributed by atoms with van der Waals surface area (Å²) in [6.45, 7) is 0.258. The van der Waals surface area contributed by atoms with Gasteiger partial charge < -0.3 is 10.2 Å². The molecule has 1 aliphatic heterocycles. The number of hydrogen-bond donors (Lipinski definition) is 2. The smallest absolute Gasteiger partial charge is 0.321 e. The van der Waals surface area contributed by atoms with E-state index in [1.807, 2.05) is 6.07 Å². The van der Waals surface area contributed by atoms with E-state index >= 15 is 0 Å². The predicted molar refractivity (Wildman–Crippen MR) is 64.4 cm³/mol. The summed E-state index contributed by atoms with van der Waals surface area (Å²) >= 11 is 0. The fourth-order valence-electron chi connectivity index (χ4n) is 2.21. The van der Waals surface area contributed by atoms with Gasteiger partial charge in [0, 0.05) is 18.5 Å². The second-order valence-corrected chi connectivity index (χ2v) is 4.46. The molecule has 2 N–H and O–H groups in total. The predicted octanol–water partition coefficient (Wildman–Crippen LogP) is 0.389. The SMILES string of the molecule is O=C(CN1C[C@@H](O)C[C@H]1C(=O)O)c1ccccc1. The first-order chi connectivity index (χ1) is 8.58. The summed E-state index contributed by atoms with van der Waals surface area (Å²) < 4.78 is 0. The van der Waals surface area contributed by atoms with Gasteiger partial charge in [0.2, 0.25) is 0 Å². The van der Waals surface area contributed by atoms with Crippen LogP contribution in [0, 0.1) is 0 Å². The molecule has 1 aromatic rings. The monoisotopic (exact) mass is 249 g/mol. The van der Waals surface area contributed by atoms with E-state index in [-0.39, 0.29) is 25.3 Å². The van der Waals surface area contributed by atoms with Gasteiger partial charge in [0.05, 0.1) is 12.6 Å². The molecule has 1 aromatic carbocycles. The number of benzene rings is 1. The number of ketones is 1. The lowest BCUT2D eigenvalue weighted by molar-refractivity contribution is -0.142.